The van der Waals surface area contributed by atoms with E-state index in [0.717, 1.165) is 0 Å². The van der Waals surface area contributed by atoms with Gasteiger partial charge in [-0.1, -0.05) is 15.9 Å². The van der Waals surface area contributed by atoms with Gasteiger partial charge in [-0.25, -0.2) is 0 Å². The minimum Gasteiger partial charge on any atom is -0.394 e. The lowest BCUT2D eigenvalue weighted by Crippen LogP contribution is -2.66. The molecule has 3 fully saturated rings. The van der Waals surface area contributed by atoms with Crippen LogP contribution in [0.1, 0.15) is 0 Å². The van der Waals surface area contributed by atoms with Gasteiger partial charge in [0.15, 0.2) is 18.9 Å². The van der Waals surface area contributed by atoms with Crippen LogP contribution in [0.3, 0.4) is 0 Å². The summed E-state index contributed by atoms with van der Waals surface area (Å²) in [7, 11) is 0. The van der Waals surface area contributed by atoms with Gasteiger partial charge in [0.05, 0.1) is 19.3 Å². The standard InChI is InChI=1S/C18H31BrO15/c19-1-4-7(22)8(23)12(27)17(31-4)34-15-6(3-21)32-18(13(28)10(15)25)33-14-5(2-20)30-16(29)11(26)9(14)24/h4-18,20-29H,1-3H2/t4-,5-,6-,7-,8+,9-,10-,11-,12-,13-,14-,15-,16-,17-,18-/m1/s1. The predicted octanol–water partition coefficient (Wildman–Crippen LogP) is -6.17. The quantitative estimate of drug-likeness (QED) is 0.129. The number of halogens is 1. The number of alkyl halides is 1. The minimum atomic E-state index is -1.87. The summed E-state index contributed by atoms with van der Waals surface area (Å²) in [5.41, 5.74) is 0. The van der Waals surface area contributed by atoms with Crippen molar-refractivity contribution in [3.63, 3.8) is 0 Å². The molecule has 3 heterocycles. The second-order valence-corrected chi connectivity index (χ2v) is 8.95. The number of aliphatic hydroxyl groups excluding tert-OH is 10. The van der Waals surface area contributed by atoms with Crippen molar-refractivity contribution in [2.45, 2.75) is 92.1 Å². The van der Waals surface area contributed by atoms with Crippen molar-refractivity contribution in [2.75, 3.05) is 18.5 Å². The maximum absolute atomic E-state index is 10.6. The van der Waals surface area contributed by atoms with Crippen molar-refractivity contribution in [1.82, 2.24) is 0 Å². The van der Waals surface area contributed by atoms with Gasteiger partial charge in [-0.05, 0) is 0 Å². The Labute approximate surface area is 201 Å². The normalized spacial score (nSPS) is 52.5. The number of hydrogen-bond acceptors (Lipinski definition) is 15. The molecule has 0 aromatic carbocycles. The Morgan fingerprint density at radius 1 is 0.529 bits per heavy atom. The number of hydrogen-bond donors (Lipinski definition) is 10. The first kappa shape index (κ1) is 28.5. The highest BCUT2D eigenvalue weighted by atomic mass is 79.9. The number of aliphatic hydroxyl groups is 10. The summed E-state index contributed by atoms with van der Waals surface area (Å²) in [5, 5.41) is 100. The van der Waals surface area contributed by atoms with Crippen molar-refractivity contribution < 1.29 is 74.7 Å². The van der Waals surface area contributed by atoms with Crippen LogP contribution in [0.2, 0.25) is 0 Å². The molecular formula is C18H31BrO15. The van der Waals surface area contributed by atoms with Crippen molar-refractivity contribution in [3.05, 3.63) is 0 Å². The molecule has 10 N–H and O–H groups in total. The van der Waals surface area contributed by atoms with E-state index >= 15 is 0 Å². The third kappa shape index (κ3) is 5.57. The number of ether oxygens (including phenoxy) is 5. The van der Waals surface area contributed by atoms with E-state index in [2.05, 4.69) is 15.9 Å². The van der Waals surface area contributed by atoms with Crippen LogP contribution in [0.4, 0.5) is 0 Å². The Bertz CT molecular complexity index is 640. The lowest BCUT2D eigenvalue weighted by molar-refractivity contribution is -0.376. The molecule has 0 aromatic heterocycles. The second-order valence-electron chi connectivity index (χ2n) is 8.31. The molecule has 3 aliphatic rings. The van der Waals surface area contributed by atoms with E-state index in [1.165, 1.54) is 0 Å². The topological polar surface area (TPSA) is 248 Å². The zero-order chi connectivity index (χ0) is 25.3. The van der Waals surface area contributed by atoms with E-state index in [9.17, 15) is 51.1 Å². The maximum atomic E-state index is 10.6. The van der Waals surface area contributed by atoms with Gasteiger partial charge in [-0.2, -0.15) is 0 Å². The molecule has 0 radical (unpaired) electrons. The molecule has 0 unspecified atom stereocenters. The summed E-state index contributed by atoms with van der Waals surface area (Å²) in [4.78, 5) is 0. The fraction of sp³-hybridized carbons (Fsp3) is 1.00. The molecule has 200 valence electrons. The van der Waals surface area contributed by atoms with Crippen molar-refractivity contribution in [3.8, 4) is 0 Å². The Morgan fingerprint density at radius 3 is 1.47 bits per heavy atom. The molecule has 15 atom stereocenters. The molecule has 3 saturated heterocycles. The van der Waals surface area contributed by atoms with Crippen molar-refractivity contribution in [2.24, 2.45) is 0 Å². The molecule has 0 bridgehead atoms. The van der Waals surface area contributed by atoms with E-state index in [4.69, 9.17) is 23.7 Å². The van der Waals surface area contributed by atoms with E-state index in [0.29, 0.717) is 0 Å². The van der Waals surface area contributed by atoms with Gasteiger partial charge in [0.2, 0.25) is 0 Å². The fourth-order valence-corrected chi connectivity index (χ4v) is 4.57. The summed E-state index contributed by atoms with van der Waals surface area (Å²) in [6.45, 7) is -1.52. The van der Waals surface area contributed by atoms with Crippen LogP contribution in [-0.2, 0) is 23.7 Å². The molecule has 16 heteroatoms. The average molecular weight is 567 g/mol. The highest BCUT2D eigenvalue weighted by Crippen LogP contribution is 2.32. The third-order valence-corrected chi connectivity index (χ3v) is 6.70. The van der Waals surface area contributed by atoms with Crippen LogP contribution in [0.15, 0.2) is 0 Å². The maximum Gasteiger partial charge on any atom is 0.187 e. The van der Waals surface area contributed by atoms with Gasteiger partial charge in [0, 0.05) is 5.33 Å². The lowest BCUT2D eigenvalue weighted by atomic mass is 9.96. The molecule has 0 saturated carbocycles. The van der Waals surface area contributed by atoms with Gasteiger partial charge < -0.3 is 74.7 Å². The van der Waals surface area contributed by atoms with Crippen LogP contribution in [0, 0.1) is 0 Å². The summed E-state index contributed by atoms with van der Waals surface area (Å²) >= 11 is 3.09. The van der Waals surface area contributed by atoms with Gasteiger partial charge >= 0.3 is 0 Å². The fourth-order valence-electron chi connectivity index (χ4n) is 4.03. The van der Waals surface area contributed by atoms with Crippen molar-refractivity contribution in [1.29, 1.82) is 0 Å². The molecule has 3 aliphatic heterocycles. The third-order valence-electron chi connectivity index (χ3n) is 6.06. The first-order valence-electron chi connectivity index (χ1n) is 10.5. The summed E-state index contributed by atoms with van der Waals surface area (Å²) in [6.07, 6.45) is -23.9. The van der Waals surface area contributed by atoms with Crippen molar-refractivity contribution >= 4 is 15.9 Å². The van der Waals surface area contributed by atoms with Gasteiger partial charge in [0.1, 0.15) is 67.1 Å². The first-order valence-corrected chi connectivity index (χ1v) is 11.7. The Balaban J connectivity index is 1.72. The summed E-state index contributed by atoms with van der Waals surface area (Å²) < 4.78 is 26.8. The smallest absolute Gasteiger partial charge is 0.187 e. The van der Waals surface area contributed by atoms with Crippen LogP contribution in [-0.4, -0.2) is 162 Å². The van der Waals surface area contributed by atoms with Crippen LogP contribution in [0.25, 0.3) is 0 Å². The Kier molecular flexibility index (Phi) is 10.0. The van der Waals surface area contributed by atoms with Crippen LogP contribution in [0.5, 0.6) is 0 Å². The highest BCUT2D eigenvalue weighted by Gasteiger charge is 2.53. The van der Waals surface area contributed by atoms with E-state index in [1.54, 1.807) is 0 Å². The SMILES string of the molecule is OC[C@H]1O[C@@H](O)[C@H](O)[C@@H](O)[C@@H]1O[C@H]1O[C@H](CO)[C@@H](O[C@H]2O[C@H](CBr)[C@@H](O)[C@H](O)[C@H]2O)[C@H](O)[C@H]1O. The van der Waals surface area contributed by atoms with E-state index in [1.807, 2.05) is 0 Å². The molecule has 3 rings (SSSR count). The largest absolute Gasteiger partial charge is 0.394 e. The second kappa shape index (κ2) is 12.0. The highest BCUT2D eigenvalue weighted by molar-refractivity contribution is 9.09. The van der Waals surface area contributed by atoms with Crippen LogP contribution < -0.4 is 0 Å². The average Bonchev–Trinajstić information content (AvgIpc) is 2.83. The molecule has 0 aromatic rings. The predicted molar refractivity (Wildman–Crippen MR) is 108 cm³/mol. The first-order chi connectivity index (χ1) is 16.0. The lowest BCUT2D eigenvalue weighted by Gasteiger charge is -2.47. The Morgan fingerprint density at radius 2 is 0.971 bits per heavy atom. The summed E-state index contributed by atoms with van der Waals surface area (Å²) in [5.74, 6) is 0. The number of rotatable bonds is 7. The van der Waals surface area contributed by atoms with E-state index in [-0.39, 0.29) is 5.33 Å². The zero-order valence-electron chi connectivity index (χ0n) is 17.7. The molecule has 0 amide bonds. The van der Waals surface area contributed by atoms with Gasteiger partial charge in [-0.3, -0.25) is 0 Å². The van der Waals surface area contributed by atoms with Gasteiger partial charge in [0.25, 0.3) is 0 Å². The molecule has 34 heavy (non-hydrogen) atoms. The van der Waals surface area contributed by atoms with Gasteiger partial charge in [-0.15, -0.1) is 0 Å². The minimum absolute atomic E-state index is 0.0713. The molecule has 0 aliphatic carbocycles. The van der Waals surface area contributed by atoms with E-state index < -0.39 is 105 Å². The molecule has 0 spiro atoms. The summed E-state index contributed by atoms with van der Waals surface area (Å²) in [6, 6.07) is 0. The Hall–Kier alpha value is -0.120. The molecule has 15 nitrogen and oxygen atoms in total. The molecular weight excluding hydrogens is 536 g/mol. The van der Waals surface area contributed by atoms with Crippen LogP contribution >= 0.6 is 15.9 Å². The monoisotopic (exact) mass is 566 g/mol. The zero-order valence-corrected chi connectivity index (χ0v) is 19.3.